The van der Waals surface area contributed by atoms with Crippen LogP contribution in [0.15, 0.2) is 16.6 Å². The number of nitrogens with zero attached hydrogens (tertiary/aromatic N) is 2. The maximum Gasteiger partial charge on any atom is 0.342 e. The summed E-state index contributed by atoms with van der Waals surface area (Å²) >= 11 is 2.83. The van der Waals surface area contributed by atoms with Gasteiger partial charge in [-0.15, -0.1) is 0 Å². The summed E-state index contributed by atoms with van der Waals surface area (Å²) < 4.78 is -0.116. The van der Waals surface area contributed by atoms with E-state index in [0.717, 1.165) is 6.07 Å². The molecule has 0 bridgehead atoms. The van der Waals surface area contributed by atoms with Crippen LogP contribution in [0, 0.1) is 21.4 Å². The second kappa shape index (κ2) is 4.06. The molecule has 0 heterocycles. The van der Waals surface area contributed by atoms with E-state index >= 15 is 0 Å². The Balaban J connectivity index is 3.60. The van der Waals surface area contributed by atoms with Gasteiger partial charge in [0.05, 0.1) is 10.5 Å². The SMILES string of the molecule is N#Cc1ccc(C(=O)O)c([N+](=O)[O-])c1Br. The van der Waals surface area contributed by atoms with Crippen molar-refractivity contribution in [3.05, 3.63) is 37.8 Å². The predicted octanol–water partition coefficient (Wildman–Crippen LogP) is 1.93. The van der Waals surface area contributed by atoms with Crippen molar-refractivity contribution >= 4 is 27.6 Å². The Morgan fingerprint density at radius 1 is 1.60 bits per heavy atom. The van der Waals surface area contributed by atoms with Gasteiger partial charge in [0, 0.05) is 0 Å². The van der Waals surface area contributed by atoms with Gasteiger partial charge in [-0.25, -0.2) is 4.79 Å². The van der Waals surface area contributed by atoms with Crippen LogP contribution in [0.4, 0.5) is 5.69 Å². The first-order valence-corrected chi connectivity index (χ1v) is 4.38. The summed E-state index contributed by atoms with van der Waals surface area (Å²) in [5.74, 6) is -1.41. The number of aromatic carboxylic acids is 1. The second-order valence-electron chi connectivity index (χ2n) is 2.50. The van der Waals surface area contributed by atoms with Crippen LogP contribution in [0.2, 0.25) is 0 Å². The number of nitriles is 1. The zero-order valence-corrected chi connectivity index (χ0v) is 8.69. The fourth-order valence-electron chi connectivity index (χ4n) is 1.00. The van der Waals surface area contributed by atoms with E-state index in [0.29, 0.717) is 0 Å². The predicted molar refractivity (Wildman–Crippen MR) is 52.5 cm³/mol. The topological polar surface area (TPSA) is 104 Å². The third kappa shape index (κ3) is 1.94. The summed E-state index contributed by atoms with van der Waals surface area (Å²) in [7, 11) is 0. The van der Waals surface area contributed by atoms with Crippen LogP contribution in [-0.2, 0) is 0 Å². The minimum atomic E-state index is -1.41. The number of rotatable bonds is 2. The lowest BCUT2D eigenvalue weighted by molar-refractivity contribution is -0.386. The number of carboxylic acids is 1. The molecular formula is C8H3BrN2O4. The molecule has 0 unspecified atom stereocenters. The van der Waals surface area contributed by atoms with Crippen molar-refractivity contribution in [2.45, 2.75) is 0 Å². The van der Waals surface area contributed by atoms with Crippen LogP contribution in [0.1, 0.15) is 15.9 Å². The lowest BCUT2D eigenvalue weighted by atomic mass is 10.1. The van der Waals surface area contributed by atoms with Crippen LogP contribution in [-0.4, -0.2) is 16.0 Å². The molecule has 0 aliphatic carbocycles. The molecule has 1 rings (SSSR count). The molecule has 0 atom stereocenters. The second-order valence-corrected chi connectivity index (χ2v) is 3.29. The maximum absolute atomic E-state index is 10.7. The lowest BCUT2D eigenvalue weighted by Crippen LogP contribution is -2.04. The van der Waals surface area contributed by atoms with Gasteiger partial charge in [0.15, 0.2) is 0 Å². The highest BCUT2D eigenvalue weighted by atomic mass is 79.9. The number of benzene rings is 1. The molecule has 15 heavy (non-hydrogen) atoms. The summed E-state index contributed by atoms with van der Waals surface area (Å²) in [6.07, 6.45) is 0. The van der Waals surface area contributed by atoms with Gasteiger partial charge in [0.2, 0.25) is 0 Å². The molecular weight excluding hydrogens is 268 g/mol. The van der Waals surface area contributed by atoms with Crippen LogP contribution in [0.25, 0.3) is 0 Å². The van der Waals surface area contributed by atoms with E-state index in [2.05, 4.69) is 15.9 Å². The van der Waals surface area contributed by atoms with E-state index in [1.165, 1.54) is 6.07 Å². The highest BCUT2D eigenvalue weighted by Crippen LogP contribution is 2.31. The molecule has 1 aromatic rings. The molecule has 1 aromatic carbocycles. The quantitative estimate of drug-likeness (QED) is 0.653. The number of halogens is 1. The molecule has 7 heteroatoms. The standard InChI is InChI=1S/C8H3BrN2O4/c9-6-4(3-10)1-2-5(8(12)13)7(6)11(14)15/h1-2H,(H,12,13). The summed E-state index contributed by atoms with van der Waals surface area (Å²) in [5, 5.41) is 27.9. The van der Waals surface area contributed by atoms with E-state index in [-0.39, 0.29) is 10.0 Å². The van der Waals surface area contributed by atoms with Gasteiger partial charge in [-0.05, 0) is 28.1 Å². The van der Waals surface area contributed by atoms with Gasteiger partial charge < -0.3 is 5.11 Å². The number of hydrogen-bond donors (Lipinski definition) is 1. The Kier molecular flexibility index (Phi) is 3.01. The first-order valence-electron chi connectivity index (χ1n) is 3.59. The molecule has 0 amide bonds. The van der Waals surface area contributed by atoms with E-state index in [1.807, 2.05) is 0 Å². The molecule has 0 fully saturated rings. The highest BCUT2D eigenvalue weighted by Gasteiger charge is 2.25. The monoisotopic (exact) mass is 270 g/mol. The average Bonchev–Trinajstić information content (AvgIpc) is 2.16. The van der Waals surface area contributed by atoms with Crippen LogP contribution < -0.4 is 0 Å². The summed E-state index contributed by atoms with van der Waals surface area (Å²) in [4.78, 5) is 20.4. The van der Waals surface area contributed by atoms with Gasteiger partial charge in [-0.3, -0.25) is 10.1 Å². The number of hydrogen-bond acceptors (Lipinski definition) is 4. The maximum atomic E-state index is 10.7. The van der Waals surface area contributed by atoms with Crippen molar-refractivity contribution in [2.24, 2.45) is 0 Å². The van der Waals surface area contributed by atoms with Crippen molar-refractivity contribution in [1.29, 1.82) is 5.26 Å². The first kappa shape index (κ1) is 11.1. The minimum absolute atomic E-state index is 0.0201. The third-order valence-electron chi connectivity index (χ3n) is 1.65. The normalized spacial score (nSPS) is 9.33. The van der Waals surface area contributed by atoms with Crippen molar-refractivity contribution in [1.82, 2.24) is 0 Å². The van der Waals surface area contributed by atoms with Crippen molar-refractivity contribution in [2.75, 3.05) is 0 Å². The van der Waals surface area contributed by atoms with Gasteiger partial charge in [0.25, 0.3) is 5.69 Å². The van der Waals surface area contributed by atoms with Gasteiger partial charge in [0.1, 0.15) is 16.1 Å². The van der Waals surface area contributed by atoms with Gasteiger partial charge in [-0.1, -0.05) is 0 Å². The third-order valence-corrected chi connectivity index (χ3v) is 2.45. The largest absolute Gasteiger partial charge is 0.477 e. The Hall–Kier alpha value is -1.94. The van der Waals surface area contributed by atoms with Crippen LogP contribution in [0.3, 0.4) is 0 Å². The molecule has 0 saturated heterocycles. The van der Waals surface area contributed by atoms with Gasteiger partial charge in [-0.2, -0.15) is 5.26 Å². The molecule has 0 aliphatic rings. The van der Waals surface area contributed by atoms with E-state index in [9.17, 15) is 14.9 Å². The smallest absolute Gasteiger partial charge is 0.342 e. The zero-order chi connectivity index (χ0) is 11.6. The number of nitro groups is 1. The molecule has 76 valence electrons. The minimum Gasteiger partial charge on any atom is -0.477 e. The number of nitro benzene ring substituents is 1. The summed E-state index contributed by atoms with van der Waals surface area (Å²) in [5.41, 5.74) is -1.04. The molecule has 0 aliphatic heterocycles. The molecule has 0 saturated carbocycles. The summed E-state index contributed by atoms with van der Waals surface area (Å²) in [6, 6.07) is 3.95. The van der Waals surface area contributed by atoms with E-state index < -0.39 is 22.1 Å². The first-order chi connectivity index (χ1) is 6.99. The Morgan fingerprint density at radius 3 is 2.60 bits per heavy atom. The summed E-state index contributed by atoms with van der Waals surface area (Å²) in [6.45, 7) is 0. The van der Waals surface area contributed by atoms with Crippen molar-refractivity contribution in [3.63, 3.8) is 0 Å². The molecule has 6 nitrogen and oxygen atoms in total. The molecule has 0 aromatic heterocycles. The Morgan fingerprint density at radius 2 is 2.20 bits per heavy atom. The van der Waals surface area contributed by atoms with E-state index in [1.54, 1.807) is 6.07 Å². The van der Waals surface area contributed by atoms with Gasteiger partial charge >= 0.3 is 5.97 Å². The van der Waals surface area contributed by atoms with Crippen molar-refractivity contribution in [3.8, 4) is 6.07 Å². The fraction of sp³-hybridized carbons (Fsp3) is 0. The van der Waals surface area contributed by atoms with Crippen molar-refractivity contribution < 1.29 is 14.8 Å². The van der Waals surface area contributed by atoms with E-state index in [4.69, 9.17) is 10.4 Å². The molecule has 0 spiro atoms. The fourth-order valence-corrected chi connectivity index (χ4v) is 1.58. The lowest BCUT2D eigenvalue weighted by Gasteiger charge is -2.01. The highest BCUT2D eigenvalue weighted by molar-refractivity contribution is 9.10. The average molecular weight is 271 g/mol. The number of carbonyl (C=O) groups is 1. The Bertz CT molecular complexity index is 492. The van der Waals surface area contributed by atoms with Crippen LogP contribution >= 0.6 is 15.9 Å². The van der Waals surface area contributed by atoms with Crippen LogP contribution in [0.5, 0.6) is 0 Å². The molecule has 1 N–H and O–H groups in total. The zero-order valence-electron chi connectivity index (χ0n) is 7.10. The number of carboxylic acid groups (broad SMARTS) is 1. The molecule has 0 radical (unpaired) electrons. The Labute approximate surface area is 92.0 Å².